The lowest BCUT2D eigenvalue weighted by Gasteiger charge is -2.05. The van der Waals surface area contributed by atoms with Crippen LogP contribution in [0.2, 0.25) is 0 Å². The van der Waals surface area contributed by atoms with E-state index in [0.29, 0.717) is 0 Å². The van der Waals surface area contributed by atoms with Crippen molar-refractivity contribution in [3.05, 3.63) is 0 Å². The van der Waals surface area contributed by atoms with Gasteiger partial charge in [0.1, 0.15) is 0 Å². The molecule has 0 aromatic heterocycles. The van der Waals surface area contributed by atoms with Crippen LogP contribution in [-0.2, 0) is 11.4 Å². The van der Waals surface area contributed by atoms with Crippen LogP contribution in [0.3, 0.4) is 0 Å². The number of halogens is 1. The number of nitrogens with two attached hydrogens (primary N) is 1. The van der Waals surface area contributed by atoms with Gasteiger partial charge in [-0.3, -0.25) is 0 Å². The monoisotopic (exact) mass is 139 g/mol. The molecule has 1 aliphatic carbocycles. The molecule has 1 unspecified atom stereocenters. The highest BCUT2D eigenvalue weighted by molar-refractivity contribution is 7.92. The summed E-state index contributed by atoms with van der Waals surface area (Å²) in [6, 6.07) is 0. The van der Waals surface area contributed by atoms with E-state index in [-0.39, 0.29) is 0 Å². The minimum absolute atomic E-state index is 0.528. The van der Waals surface area contributed by atoms with Crippen molar-refractivity contribution in [2.75, 3.05) is 0 Å². The molecule has 2 nitrogen and oxygen atoms in total. The normalized spacial score (nSPS) is 29.6. The molecular formula is C3H6ClNOS. The largest absolute Gasteiger partial charge is 0.597 e. The molecule has 1 aliphatic rings. The smallest absolute Gasteiger partial charge is 0.217 e. The van der Waals surface area contributed by atoms with Gasteiger partial charge in [0.15, 0.2) is 0 Å². The fourth-order valence-electron chi connectivity index (χ4n) is 0.299. The van der Waals surface area contributed by atoms with Crippen LogP contribution < -0.4 is 5.14 Å². The maximum atomic E-state index is 10.3. The fourth-order valence-corrected chi connectivity index (χ4v) is 0.898. The summed E-state index contributed by atoms with van der Waals surface area (Å²) < 4.78 is 9.76. The lowest BCUT2D eigenvalue weighted by molar-refractivity contribution is 0.592. The predicted octanol–water partition coefficient (Wildman–Crippen LogP) is 0.338. The maximum Gasteiger partial charge on any atom is 0.217 e. The summed E-state index contributed by atoms with van der Waals surface area (Å²) in [7, 11) is 0. The minimum Gasteiger partial charge on any atom is -0.597 e. The minimum atomic E-state index is -1.31. The van der Waals surface area contributed by atoms with E-state index in [1.807, 2.05) is 0 Å². The van der Waals surface area contributed by atoms with E-state index in [4.69, 9.17) is 16.7 Å². The van der Waals surface area contributed by atoms with Crippen molar-refractivity contribution in [3.8, 4) is 0 Å². The Morgan fingerprint density at radius 3 is 2.14 bits per heavy atom. The van der Waals surface area contributed by atoms with Crippen LogP contribution in [0.1, 0.15) is 12.8 Å². The van der Waals surface area contributed by atoms with Crippen LogP contribution in [0.25, 0.3) is 0 Å². The molecule has 0 saturated heterocycles. The van der Waals surface area contributed by atoms with Crippen LogP contribution in [0.15, 0.2) is 0 Å². The molecule has 0 radical (unpaired) electrons. The molecule has 0 aromatic rings. The Morgan fingerprint density at radius 2 is 2.14 bits per heavy atom. The zero-order chi connectivity index (χ0) is 5.49. The molecule has 42 valence electrons. The molecule has 1 atom stereocenters. The first-order valence-corrected chi connectivity index (χ1v) is 3.59. The average molecular weight is 140 g/mol. The second kappa shape index (κ2) is 1.52. The van der Waals surface area contributed by atoms with Gasteiger partial charge in [0, 0.05) is 12.8 Å². The third-order valence-electron chi connectivity index (χ3n) is 1.00. The summed E-state index contributed by atoms with van der Waals surface area (Å²) in [5, 5.41) is 4.97. The highest BCUT2D eigenvalue weighted by Crippen LogP contribution is 2.45. The SMILES string of the molecule is N[S+]([O-])C1(Cl)CC1. The maximum absolute atomic E-state index is 10.3. The lowest BCUT2D eigenvalue weighted by atomic mass is 11.0. The first-order chi connectivity index (χ1) is 3.15. The average Bonchev–Trinajstić information content (AvgIpc) is 2.21. The van der Waals surface area contributed by atoms with Crippen molar-refractivity contribution < 1.29 is 4.55 Å². The second-order valence-electron chi connectivity index (χ2n) is 1.68. The van der Waals surface area contributed by atoms with Crippen LogP contribution in [0.5, 0.6) is 0 Å². The van der Waals surface area contributed by atoms with Gasteiger partial charge in [0.2, 0.25) is 4.21 Å². The van der Waals surface area contributed by atoms with Gasteiger partial charge in [-0.05, 0) is 0 Å². The highest BCUT2D eigenvalue weighted by atomic mass is 35.5. The van der Waals surface area contributed by atoms with Gasteiger partial charge in [-0.25, -0.2) is 0 Å². The number of alkyl halides is 1. The van der Waals surface area contributed by atoms with E-state index in [2.05, 4.69) is 0 Å². The summed E-state index contributed by atoms with van der Waals surface area (Å²) >= 11 is 4.25. The van der Waals surface area contributed by atoms with Crippen molar-refractivity contribution in [2.45, 2.75) is 17.0 Å². The number of hydrogen-bond acceptors (Lipinski definition) is 2. The van der Waals surface area contributed by atoms with Crippen molar-refractivity contribution in [3.63, 3.8) is 0 Å². The third kappa shape index (κ3) is 1.02. The van der Waals surface area contributed by atoms with Crippen molar-refractivity contribution >= 4 is 23.0 Å². The summed E-state index contributed by atoms with van der Waals surface area (Å²) in [5.41, 5.74) is 0. The lowest BCUT2D eigenvalue weighted by Crippen LogP contribution is -2.24. The number of rotatable bonds is 1. The van der Waals surface area contributed by atoms with Crippen molar-refractivity contribution in [1.29, 1.82) is 0 Å². The molecule has 0 bridgehead atoms. The Kier molecular flexibility index (Phi) is 1.23. The molecule has 0 spiro atoms. The van der Waals surface area contributed by atoms with Gasteiger partial charge in [-0.15, -0.1) is 0 Å². The fraction of sp³-hybridized carbons (Fsp3) is 1.00. The topological polar surface area (TPSA) is 49.1 Å². The Morgan fingerprint density at radius 1 is 1.71 bits per heavy atom. The van der Waals surface area contributed by atoms with Crippen molar-refractivity contribution in [2.24, 2.45) is 5.14 Å². The molecule has 0 aromatic carbocycles. The van der Waals surface area contributed by atoms with E-state index in [9.17, 15) is 4.55 Å². The predicted molar refractivity (Wildman–Crippen MR) is 30.1 cm³/mol. The first-order valence-electron chi connectivity index (χ1n) is 2.00. The Hall–Kier alpha value is 0.560. The van der Waals surface area contributed by atoms with Crippen molar-refractivity contribution in [1.82, 2.24) is 0 Å². The molecule has 2 N–H and O–H groups in total. The van der Waals surface area contributed by atoms with Gasteiger partial charge in [-0.2, -0.15) is 5.14 Å². The summed E-state index contributed by atoms with van der Waals surface area (Å²) in [6.07, 6.45) is 1.61. The van der Waals surface area contributed by atoms with E-state index in [1.54, 1.807) is 0 Å². The Balaban J connectivity index is 2.39. The second-order valence-corrected chi connectivity index (χ2v) is 4.00. The molecule has 1 rings (SSSR count). The molecule has 0 amide bonds. The zero-order valence-corrected chi connectivity index (χ0v) is 5.26. The van der Waals surface area contributed by atoms with E-state index in [0.717, 1.165) is 12.8 Å². The van der Waals surface area contributed by atoms with Gasteiger partial charge in [-0.1, -0.05) is 11.6 Å². The van der Waals surface area contributed by atoms with Crippen LogP contribution >= 0.6 is 11.6 Å². The molecule has 4 heteroatoms. The molecule has 0 aliphatic heterocycles. The van der Waals surface area contributed by atoms with Gasteiger partial charge in [0.25, 0.3) is 0 Å². The molecule has 0 heterocycles. The van der Waals surface area contributed by atoms with E-state index >= 15 is 0 Å². The zero-order valence-electron chi connectivity index (χ0n) is 3.69. The molecular weight excluding hydrogens is 134 g/mol. The van der Waals surface area contributed by atoms with Gasteiger partial charge in [0.05, 0.1) is 11.4 Å². The quantitative estimate of drug-likeness (QED) is 0.421. The van der Waals surface area contributed by atoms with E-state index < -0.39 is 15.6 Å². The Bertz CT molecular complexity index is 83.0. The summed E-state index contributed by atoms with van der Waals surface area (Å²) in [5.74, 6) is 0. The van der Waals surface area contributed by atoms with Gasteiger partial charge < -0.3 is 4.55 Å². The molecule has 1 fully saturated rings. The standard InChI is InChI=1S/C3H6ClNOS/c4-3(1-2-3)7(5)6/h1-2,5H2. The van der Waals surface area contributed by atoms with Crippen LogP contribution in [0, 0.1) is 0 Å². The number of hydrogen-bond donors (Lipinski definition) is 1. The first kappa shape index (κ1) is 5.69. The van der Waals surface area contributed by atoms with Gasteiger partial charge >= 0.3 is 0 Å². The molecule has 7 heavy (non-hydrogen) atoms. The summed E-state index contributed by atoms with van der Waals surface area (Å²) in [6.45, 7) is 0. The summed E-state index contributed by atoms with van der Waals surface area (Å²) in [4.78, 5) is 0. The molecule has 1 saturated carbocycles. The van der Waals surface area contributed by atoms with Crippen LogP contribution in [-0.4, -0.2) is 8.76 Å². The highest BCUT2D eigenvalue weighted by Gasteiger charge is 2.52. The third-order valence-corrected chi connectivity index (χ3v) is 2.97. The Labute approximate surface area is 50.3 Å². The van der Waals surface area contributed by atoms with Crippen LogP contribution in [0.4, 0.5) is 0 Å². The van der Waals surface area contributed by atoms with E-state index in [1.165, 1.54) is 0 Å².